The highest BCUT2D eigenvalue weighted by molar-refractivity contribution is 5.78. The molecule has 3 aliphatic rings. The van der Waals surface area contributed by atoms with E-state index >= 15 is 0 Å². The van der Waals surface area contributed by atoms with Gasteiger partial charge in [-0.15, -0.1) is 0 Å². The Morgan fingerprint density at radius 1 is 1.09 bits per heavy atom. The lowest BCUT2D eigenvalue weighted by Gasteiger charge is -2.33. The van der Waals surface area contributed by atoms with Crippen LogP contribution in [-0.4, -0.2) is 85.6 Å². The molecule has 0 aromatic heterocycles. The Bertz CT molecular complexity index is 364. The van der Waals surface area contributed by atoms with E-state index in [0.29, 0.717) is 24.5 Å². The molecule has 1 amide bonds. The number of nitrogens with one attached hydrogen (secondary N) is 1. The smallest absolute Gasteiger partial charge is 0.236 e. The molecular weight excluding hydrogens is 276 g/mol. The second-order valence-electron chi connectivity index (χ2n) is 7.26. The molecule has 1 aliphatic carbocycles. The molecule has 0 radical (unpaired) electrons. The summed E-state index contributed by atoms with van der Waals surface area (Å²) in [5.41, 5.74) is 0. The Morgan fingerprint density at radius 2 is 1.82 bits per heavy atom. The van der Waals surface area contributed by atoms with Crippen LogP contribution in [0.2, 0.25) is 0 Å². The van der Waals surface area contributed by atoms with Crippen molar-refractivity contribution in [3.05, 3.63) is 0 Å². The van der Waals surface area contributed by atoms with Crippen molar-refractivity contribution >= 4 is 5.91 Å². The van der Waals surface area contributed by atoms with Gasteiger partial charge in [0.25, 0.3) is 0 Å². The molecule has 1 N–H and O–H groups in total. The van der Waals surface area contributed by atoms with Crippen molar-refractivity contribution in [1.29, 1.82) is 0 Å². The third kappa shape index (κ3) is 4.00. The standard InChI is InChI=1S/C17H32N4O/c1-19(15-5-3-2-4-6-15)17(22)14-20-10-7-16(13-20)21-11-8-18-9-12-21/h15-16,18H,2-14H2,1H3. The van der Waals surface area contributed by atoms with Crippen LogP contribution >= 0.6 is 0 Å². The van der Waals surface area contributed by atoms with Crippen molar-refractivity contribution in [3.8, 4) is 0 Å². The van der Waals surface area contributed by atoms with Crippen LogP contribution in [0.5, 0.6) is 0 Å². The molecule has 1 atom stereocenters. The summed E-state index contributed by atoms with van der Waals surface area (Å²) >= 11 is 0. The molecule has 0 bridgehead atoms. The molecule has 2 heterocycles. The van der Waals surface area contributed by atoms with Gasteiger partial charge >= 0.3 is 0 Å². The normalized spacial score (nSPS) is 28.9. The first-order valence-electron chi connectivity index (χ1n) is 9.17. The molecular formula is C17H32N4O. The maximum atomic E-state index is 12.5. The largest absolute Gasteiger partial charge is 0.342 e. The van der Waals surface area contributed by atoms with Gasteiger partial charge < -0.3 is 10.2 Å². The van der Waals surface area contributed by atoms with Crippen LogP contribution in [0, 0.1) is 0 Å². The van der Waals surface area contributed by atoms with E-state index in [2.05, 4.69) is 15.1 Å². The Hall–Kier alpha value is -0.650. The number of nitrogens with zero attached hydrogens (tertiary/aromatic N) is 3. The molecule has 126 valence electrons. The number of piperazine rings is 1. The third-order valence-corrected chi connectivity index (χ3v) is 5.79. The summed E-state index contributed by atoms with van der Waals surface area (Å²) < 4.78 is 0. The quantitative estimate of drug-likeness (QED) is 0.832. The lowest BCUT2D eigenvalue weighted by Crippen LogP contribution is -2.49. The maximum absolute atomic E-state index is 12.5. The van der Waals surface area contributed by atoms with E-state index in [4.69, 9.17) is 0 Å². The number of hydrogen-bond donors (Lipinski definition) is 1. The Labute approximate surface area is 135 Å². The number of hydrogen-bond acceptors (Lipinski definition) is 4. The van der Waals surface area contributed by atoms with Crippen LogP contribution in [0.1, 0.15) is 38.5 Å². The number of rotatable bonds is 4. The molecule has 5 nitrogen and oxygen atoms in total. The van der Waals surface area contributed by atoms with Crippen molar-refractivity contribution in [2.75, 3.05) is 52.9 Å². The van der Waals surface area contributed by atoms with E-state index in [-0.39, 0.29) is 0 Å². The minimum Gasteiger partial charge on any atom is -0.342 e. The molecule has 5 heteroatoms. The highest BCUT2D eigenvalue weighted by atomic mass is 16.2. The minimum atomic E-state index is 0.327. The van der Waals surface area contributed by atoms with Gasteiger partial charge in [0.2, 0.25) is 5.91 Å². The van der Waals surface area contributed by atoms with E-state index in [0.717, 1.165) is 39.3 Å². The fourth-order valence-corrected chi connectivity index (χ4v) is 4.28. The Balaban J connectivity index is 1.43. The summed E-state index contributed by atoms with van der Waals surface area (Å²) in [6.07, 6.45) is 7.54. The topological polar surface area (TPSA) is 38.8 Å². The lowest BCUT2D eigenvalue weighted by molar-refractivity contribution is -0.133. The van der Waals surface area contributed by atoms with Crippen LogP contribution in [0.3, 0.4) is 0 Å². The highest BCUT2D eigenvalue weighted by Gasteiger charge is 2.30. The average molecular weight is 308 g/mol. The number of carbonyl (C=O) groups is 1. The van der Waals surface area contributed by atoms with Gasteiger partial charge in [0.15, 0.2) is 0 Å². The Kier molecular flexibility index (Phi) is 5.71. The van der Waals surface area contributed by atoms with Gasteiger partial charge in [-0.05, 0) is 19.3 Å². The highest BCUT2D eigenvalue weighted by Crippen LogP contribution is 2.22. The summed E-state index contributed by atoms with van der Waals surface area (Å²) in [5.74, 6) is 0.327. The summed E-state index contributed by atoms with van der Waals surface area (Å²) in [7, 11) is 2.02. The van der Waals surface area contributed by atoms with Gasteiger partial charge in [0.1, 0.15) is 0 Å². The van der Waals surface area contributed by atoms with Crippen LogP contribution < -0.4 is 5.32 Å². The summed E-state index contributed by atoms with van der Waals surface area (Å²) in [4.78, 5) is 19.6. The molecule has 0 aromatic carbocycles. The van der Waals surface area contributed by atoms with Crippen LogP contribution in [0.4, 0.5) is 0 Å². The van der Waals surface area contributed by atoms with E-state index in [1.54, 1.807) is 0 Å². The molecule has 0 spiro atoms. The second kappa shape index (κ2) is 7.75. The van der Waals surface area contributed by atoms with Crippen LogP contribution in [-0.2, 0) is 4.79 Å². The van der Waals surface area contributed by atoms with Crippen molar-refractivity contribution in [3.63, 3.8) is 0 Å². The summed E-state index contributed by atoms with van der Waals surface area (Å²) in [5, 5.41) is 3.42. The zero-order valence-corrected chi connectivity index (χ0v) is 14.1. The zero-order valence-electron chi connectivity index (χ0n) is 14.1. The molecule has 1 saturated carbocycles. The van der Waals surface area contributed by atoms with Gasteiger partial charge in [-0.2, -0.15) is 0 Å². The van der Waals surface area contributed by atoms with Crippen molar-refractivity contribution < 1.29 is 4.79 Å². The second-order valence-corrected chi connectivity index (χ2v) is 7.26. The number of amides is 1. The number of likely N-dealkylation sites (N-methyl/N-ethyl adjacent to an activating group) is 1. The summed E-state index contributed by atoms with van der Waals surface area (Å²) in [6.45, 7) is 7.32. The first kappa shape index (κ1) is 16.2. The molecule has 2 aliphatic heterocycles. The maximum Gasteiger partial charge on any atom is 0.236 e. The van der Waals surface area contributed by atoms with Gasteiger partial charge in [0, 0.05) is 58.4 Å². The fraction of sp³-hybridized carbons (Fsp3) is 0.941. The zero-order chi connectivity index (χ0) is 15.4. The SMILES string of the molecule is CN(C(=O)CN1CCC(N2CCNCC2)C1)C1CCCCC1. The molecule has 3 rings (SSSR count). The minimum absolute atomic E-state index is 0.327. The lowest BCUT2D eigenvalue weighted by atomic mass is 9.94. The number of likely N-dealkylation sites (tertiary alicyclic amines) is 1. The monoisotopic (exact) mass is 308 g/mol. The Morgan fingerprint density at radius 3 is 2.55 bits per heavy atom. The van der Waals surface area contributed by atoms with Gasteiger partial charge in [-0.25, -0.2) is 0 Å². The van der Waals surface area contributed by atoms with Crippen LogP contribution in [0.15, 0.2) is 0 Å². The van der Waals surface area contributed by atoms with E-state index in [9.17, 15) is 4.79 Å². The molecule has 3 fully saturated rings. The van der Waals surface area contributed by atoms with Crippen molar-refractivity contribution in [1.82, 2.24) is 20.0 Å². The third-order valence-electron chi connectivity index (χ3n) is 5.79. The molecule has 22 heavy (non-hydrogen) atoms. The van der Waals surface area contributed by atoms with Crippen LogP contribution in [0.25, 0.3) is 0 Å². The average Bonchev–Trinajstić information content (AvgIpc) is 3.04. The van der Waals surface area contributed by atoms with Gasteiger partial charge in [0.05, 0.1) is 6.54 Å². The fourth-order valence-electron chi connectivity index (χ4n) is 4.28. The van der Waals surface area contributed by atoms with E-state index < -0.39 is 0 Å². The molecule has 2 saturated heterocycles. The van der Waals surface area contributed by atoms with Crippen molar-refractivity contribution in [2.24, 2.45) is 0 Å². The first-order chi connectivity index (χ1) is 10.7. The van der Waals surface area contributed by atoms with Gasteiger partial charge in [-0.1, -0.05) is 19.3 Å². The van der Waals surface area contributed by atoms with E-state index in [1.165, 1.54) is 38.5 Å². The number of carbonyl (C=O) groups excluding carboxylic acids is 1. The van der Waals surface area contributed by atoms with Crippen molar-refractivity contribution in [2.45, 2.75) is 50.6 Å². The predicted octanol–water partition coefficient (Wildman–Crippen LogP) is 0.757. The van der Waals surface area contributed by atoms with E-state index in [1.807, 2.05) is 11.9 Å². The predicted molar refractivity (Wildman–Crippen MR) is 88.9 cm³/mol. The molecule has 1 unspecified atom stereocenters. The first-order valence-corrected chi connectivity index (χ1v) is 9.17. The van der Waals surface area contributed by atoms with Gasteiger partial charge in [-0.3, -0.25) is 14.6 Å². The molecule has 0 aromatic rings. The summed E-state index contributed by atoms with van der Waals surface area (Å²) in [6, 6.07) is 1.16.